The highest BCUT2D eigenvalue weighted by atomic mass is 19.1. The molecule has 2 rings (SSSR count). The highest BCUT2D eigenvalue weighted by Gasteiger charge is 2.22. The van der Waals surface area contributed by atoms with E-state index in [2.05, 4.69) is 0 Å². The number of benzene rings is 2. The second kappa shape index (κ2) is 6.59. The van der Waals surface area contributed by atoms with E-state index in [0.29, 0.717) is 0 Å². The number of methoxy groups -OCH3 is 1. The van der Waals surface area contributed by atoms with Gasteiger partial charge >= 0.3 is 0 Å². The Hall–Kier alpha value is -1.78. The van der Waals surface area contributed by atoms with Gasteiger partial charge in [-0.15, -0.1) is 0 Å². The maximum Gasteiger partial charge on any atom is 0.126 e. The van der Waals surface area contributed by atoms with Crippen LogP contribution in [-0.4, -0.2) is 18.3 Å². The molecule has 2 nitrogen and oxygen atoms in total. The number of aliphatic hydroxyl groups is 1. The quantitative estimate of drug-likeness (QED) is 0.909. The molecule has 2 aromatic rings. The Balaban J connectivity index is 2.17. The molecule has 2 unspecified atom stereocenters. The normalized spacial score (nSPS) is 14.0. The summed E-state index contributed by atoms with van der Waals surface area (Å²) in [6.07, 6.45) is -1.56. The Morgan fingerprint density at radius 3 is 2.45 bits per heavy atom. The highest BCUT2D eigenvalue weighted by Crippen LogP contribution is 2.24. The first-order valence-electron chi connectivity index (χ1n) is 6.31. The molecule has 0 aliphatic carbocycles. The first-order valence-corrected chi connectivity index (χ1v) is 6.31. The number of hydrogen-bond donors (Lipinski definition) is 1. The van der Waals surface area contributed by atoms with E-state index in [1.807, 2.05) is 30.3 Å². The summed E-state index contributed by atoms with van der Waals surface area (Å²) in [4.78, 5) is 0. The lowest BCUT2D eigenvalue weighted by Gasteiger charge is -2.22. The van der Waals surface area contributed by atoms with Crippen LogP contribution in [0.5, 0.6) is 0 Å². The van der Waals surface area contributed by atoms with Gasteiger partial charge in [0.1, 0.15) is 17.7 Å². The Bertz CT molecular complexity index is 558. The molecule has 0 fully saturated rings. The zero-order valence-electron chi connectivity index (χ0n) is 11.1. The summed E-state index contributed by atoms with van der Waals surface area (Å²) in [6, 6.07) is 12.4. The van der Waals surface area contributed by atoms with Crippen LogP contribution >= 0.6 is 0 Å². The fraction of sp³-hybridized carbons (Fsp3) is 0.250. The Labute approximate surface area is 116 Å². The van der Waals surface area contributed by atoms with Crippen molar-refractivity contribution in [3.05, 3.63) is 71.3 Å². The minimum atomic E-state index is -0.960. The van der Waals surface area contributed by atoms with Crippen molar-refractivity contribution >= 4 is 0 Å². The third kappa shape index (κ3) is 3.40. The van der Waals surface area contributed by atoms with Gasteiger partial charge in [-0.1, -0.05) is 30.3 Å². The molecule has 4 heteroatoms. The minimum absolute atomic E-state index is 0.0169. The molecular formula is C16H16F2O2. The van der Waals surface area contributed by atoms with Crippen LogP contribution in [0, 0.1) is 11.6 Å². The van der Waals surface area contributed by atoms with E-state index in [4.69, 9.17) is 4.74 Å². The molecule has 0 amide bonds. The summed E-state index contributed by atoms with van der Waals surface area (Å²) in [6.45, 7) is 0. The molecule has 0 heterocycles. The van der Waals surface area contributed by atoms with E-state index in [1.165, 1.54) is 7.11 Å². The van der Waals surface area contributed by atoms with Crippen LogP contribution in [0.25, 0.3) is 0 Å². The zero-order chi connectivity index (χ0) is 14.5. The van der Waals surface area contributed by atoms with Gasteiger partial charge in [-0.3, -0.25) is 0 Å². The lowest BCUT2D eigenvalue weighted by molar-refractivity contribution is -0.0132. The Morgan fingerprint density at radius 2 is 1.80 bits per heavy atom. The maximum atomic E-state index is 13.6. The topological polar surface area (TPSA) is 29.5 Å². The summed E-state index contributed by atoms with van der Waals surface area (Å²) < 4.78 is 32.0. The van der Waals surface area contributed by atoms with Crippen LogP contribution in [0.1, 0.15) is 17.2 Å². The summed E-state index contributed by atoms with van der Waals surface area (Å²) >= 11 is 0. The molecule has 0 radical (unpaired) electrons. The van der Waals surface area contributed by atoms with Crippen molar-refractivity contribution in [2.45, 2.75) is 18.6 Å². The molecule has 0 spiro atoms. The second-order valence-electron chi connectivity index (χ2n) is 4.57. The molecule has 20 heavy (non-hydrogen) atoms. The first-order chi connectivity index (χ1) is 9.61. The smallest absolute Gasteiger partial charge is 0.126 e. The Kier molecular flexibility index (Phi) is 4.82. The number of aliphatic hydroxyl groups excluding tert-OH is 1. The molecule has 0 bridgehead atoms. The van der Waals surface area contributed by atoms with Crippen molar-refractivity contribution in [1.29, 1.82) is 0 Å². The molecule has 2 atom stereocenters. The van der Waals surface area contributed by atoms with Gasteiger partial charge in [-0.2, -0.15) is 0 Å². The molecule has 2 aromatic carbocycles. The van der Waals surface area contributed by atoms with Gasteiger partial charge in [0.05, 0.1) is 6.10 Å². The molecule has 0 aliphatic rings. The van der Waals surface area contributed by atoms with E-state index >= 15 is 0 Å². The van der Waals surface area contributed by atoms with Gasteiger partial charge < -0.3 is 9.84 Å². The van der Waals surface area contributed by atoms with Crippen LogP contribution in [0.2, 0.25) is 0 Å². The van der Waals surface area contributed by atoms with E-state index < -0.39 is 23.8 Å². The maximum absolute atomic E-state index is 13.6. The second-order valence-corrected chi connectivity index (χ2v) is 4.57. The van der Waals surface area contributed by atoms with Crippen molar-refractivity contribution in [2.75, 3.05) is 7.11 Å². The SMILES string of the molecule is COC(c1ccccc1)C(O)Cc1cc(F)ccc1F. The molecular weight excluding hydrogens is 262 g/mol. The van der Waals surface area contributed by atoms with E-state index in [0.717, 1.165) is 23.8 Å². The van der Waals surface area contributed by atoms with Crippen LogP contribution in [0.3, 0.4) is 0 Å². The van der Waals surface area contributed by atoms with Gasteiger partial charge in [0, 0.05) is 13.5 Å². The summed E-state index contributed by atoms with van der Waals surface area (Å²) in [5, 5.41) is 10.2. The standard InChI is InChI=1S/C16H16F2O2/c1-20-16(11-5-3-2-4-6-11)15(19)10-12-9-13(17)7-8-14(12)18/h2-9,15-16,19H,10H2,1H3. The molecule has 0 aromatic heterocycles. The lowest BCUT2D eigenvalue weighted by Crippen LogP contribution is -2.23. The number of hydrogen-bond acceptors (Lipinski definition) is 2. The lowest BCUT2D eigenvalue weighted by atomic mass is 9.98. The van der Waals surface area contributed by atoms with Crippen LogP contribution in [-0.2, 0) is 11.2 Å². The third-order valence-corrected chi connectivity index (χ3v) is 3.17. The van der Waals surface area contributed by atoms with Gasteiger partial charge in [-0.05, 0) is 29.3 Å². The van der Waals surface area contributed by atoms with Crippen molar-refractivity contribution in [3.8, 4) is 0 Å². The largest absolute Gasteiger partial charge is 0.390 e. The van der Waals surface area contributed by atoms with E-state index in [1.54, 1.807) is 0 Å². The van der Waals surface area contributed by atoms with Crippen molar-refractivity contribution in [2.24, 2.45) is 0 Å². The molecule has 0 saturated heterocycles. The molecule has 1 N–H and O–H groups in total. The highest BCUT2D eigenvalue weighted by molar-refractivity contribution is 5.23. The van der Waals surface area contributed by atoms with Gasteiger partial charge in [0.2, 0.25) is 0 Å². The fourth-order valence-corrected chi connectivity index (χ4v) is 2.19. The summed E-state index contributed by atoms with van der Waals surface area (Å²) in [5.74, 6) is -1.06. The number of rotatable bonds is 5. The molecule has 0 saturated carbocycles. The van der Waals surface area contributed by atoms with Gasteiger partial charge in [0.15, 0.2) is 0 Å². The van der Waals surface area contributed by atoms with Crippen LogP contribution < -0.4 is 0 Å². The summed E-state index contributed by atoms with van der Waals surface area (Å²) in [5.41, 5.74) is 0.926. The van der Waals surface area contributed by atoms with Crippen LogP contribution in [0.15, 0.2) is 48.5 Å². The minimum Gasteiger partial charge on any atom is -0.390 e. The van der Waals surface area contributed by atoms with E-state index in [-0.39, 0.29) is 12.0 Å². The number of ether oxygens (including phenoxy) is 1. The molecule has 0 aliphatic heterocycles. The monoisotopic (exact) mass is 278 g/mol. The predicted octanol–water partition coefficient (Wildman–Crippen LogP) is 3.26. The van der Waals surface area contributed by atoms with E-state index in [9.17, 15) is 13.9 Å². The van der Waals surface area contributed by atoms with Crippen LogP contribution in [0.4, 0.5) is 8.78 Å². The predicted molar refractivity (Wildman–Crippen MR) is 72.3 cm³/mol. The van der Waals surface area contributed by atoms with Crippen molar-refractivity contribution < 1.29 is 18.6 Å². The molecule has 106 valence electrons. The van der Waals surface area contributed by atoms with Gasteiger partial charge in [-0.25, -0.2) is 8.78 Å². The Morgan fingerprint density at radius 1 is 1.10 bits per heavy atom. The fourth-order valence-electron chi connectivity index (χ4n) is 2.19. The zero-order valence-corrected chi connectivity index (χ0v) is 11.1. The van der Waals surface area contributed by atoms with Crippen molar-refractivity contribution in [3.63, 3.8) is 0 Å². The first kappa shape index (κ1) is 14.6. The number of halogens is 2. The third-order valence-electron chi connectivity index (χ3n) is 3.17. The van der Waals surface area contributed by atoms with Crippen molar-refractivity contribution in [1.82, 2.24) is 0 Å². The average molecular weight is 278 g/mol. The average Bonchev–Trinajstić information content (AvgIpc) is 2.45. The summed E-state index contributed by atoms with van der Waals surface area (Å²) in [7, 11) is 1.48. The van der Waals surface area contributed by atoms with Gasteiger partial charge in [0.25, 0.3) is 0 Å².